The van der Waals surface area contributed by atoms with Crippen molar-refractivity contribution >= 4 is 30.6 Å². The smallest absolute Gasteiger partial charge is 0.373 e. The van der Waals surface area contributed by atoms with E-state index in [1.54, 1.807) is 0 Å². The van der Waals surface area contributed by atoms with Gasteiger partial charge in [-0.25, -0.2) is 0 Å². The Morgan fingerprint density at radius 3 is 1.72 bits per heavy atom. The minimum absolute atomic E-state index is 0.413. The van der Waals surface area contributed by atoms with Crippen LogP contribution in [0.25, 0.3) is 0 Å². The number of rotatable bonds is 10. The number of nitrogens with two attached hydrogens (primary N) is 1. The number of carbonyl (C=O) groups is 1. The average molecular weight is 342 g/mol. The van der Waals surface area contributed by atoms with Crippen molar-refractivity contribution in [2.75, 3.05) is 19.8 Å². The summed E-state index contributed by atoms with van der Waals surface area (Å²) in [6, 6.07) is 0. The summed E-state index contributed by atoms with van der Waals surface area (Å²) in [4.78, 5) is 11.9. The summed E-state index contributed by atoms with van der Waals surface area (Å²) in [7, 11) is -3.19. The van der Waals surface area contributed by atoms with Gasteiger partial charge in [-0.3, -0.25) is 4.79 Å². The molecule has 0 aliphatic carbocycles. The second kappa shape index (κ2) is 8.26. The first-order valence-corrected chi connectivity index (χ1v) is 8.86. The van der Waals surface area contributed by atoms with Crippen molar-refractivity contribution in [3.8, 4) is 0 Å². The molecule has 18 heavy (non-hydrogen) atoms. The maximum atomic E-state index is 11.9. The summed E-state index contributed by atoms with van der Waals surface area (Å²) in [5.41, 5.74) is 5.54. The lowest BCUT2D eigenvalue weighted by Gasteiger charge is -2.39. The zero-order chi connectivity index (χ0) is 14.2. The van der Waals surface area contributed by atoms with Gasteiger partial charge in [0.25, 0.3) is 0 Å². The Morgan fingerprint density at radius 2 is 1.50 bits per heavy atom. The molecule has 0 heterocycles. The Balaban J connectivity index is 5.49. The summed E-state index contributed by atoms with van der Waals surface area (Å²) < 4.78 is 16.1. The summed E-state index contributed by atoms with van der Waals surface area (Å²) in [6.45, 7) is 8.76. The van der Waals surface area contributed by atoms with Crippen molar-refractivity contribution in [3.05, 3.63) is 0 Å². The molecule has 0 bridgehead atoms. The van der Waals surface area contributed by atoms with Gasteiger partial charge < -0.3 is 19.0 Å². The van der Waals surface area contributed by atoms with Crippen LogP contribution in [0, 0.1) is 0 Å². The highest BCUT2D eigenvalue weighted by atomic mass is 79.9. The molecule has 1 amide bonds. The SMILES string of the molecule is CCCC(Br)(C(N)=O)[Si](OCC)(OCC)OCC. The first-order chi connectivity index (χ1) is 8.44. The van der Waals surface area contributed by atoms with Crippen LogP contribution in [0.3, 0.4) is 0 Å². The van der Waals surface area contributed by atoms with Crippen LogP contribution in [-0.2, 0) is 18.1 Å². The number of amides is 1. The average Bonchev–Trinajstić information content (AvgIpc) is 2.29. The van der Waals surface area contributed by atoms with Crippen LogP contribution in [-0.4, -0.2) is 38.5 Å². The van der Waals surface area contributed by atoms with Gasteiger partial charge in [-0.2, -0.15) is 0 Å². The molecule has 0 spiro atoms. The molecule has 0 radical (unpaired) electrons. The van der Waals surface area contributed by atoms with E-state index in [1.807, 2.05) is 27.7 Å². The van der Waals surface area contributed by atoms with Crippen molar-refractivity contribution in [1.82, 2.24) is 0 Å². The molecule has 0 aromatic rings. The van der Waals surface area contributed by atoms with E-state index in [4.69, 9.17) is 19.0 Å². The molecule has 7 heteroatoms. The molecule has 1 unspecified atom stereocenters. The van der Waals surface area contributed by atoms with Crippen molar-refractivity contribution in [2.45, 2.75) is 44.5 Å². The highest BCUT2D eigenvalue weighted by Gasteiger charge is 2.63. The van der Waals surface area contributed by atoms with E-state index < -0.39 is 18.7 Å². The van der Waals surface area contributed by atoms with E-state index in [0.717, 1.165) is 6.42 Å². The third kappa shape index (κ3) is 3.77. The van der Waals surface area contributed by atoms with E-state index in [-0.39, 0.29) is 0 Å². The first kappa shape index (κ1) is 18.0. The molecule has 0 aliphatic rings. The zero-order valence-corrected chi connectivity index (χ0v) is 14.2. The zero-order valence-electron chi connectivity index (χ0n) is 11.6. The number of hydrogen-bond donors (Lipinski definition) is 1. The molecule has 0 saturated carbocycles. The second-order valence-corrected chi connectivity index (χ2v) is 8.69. The summed E-state index contributed by atoms with van der Waals surface area (Å²) in [5.74, 6) is -0.494. The molecule has 0 saturated heterocycles. The number of primary amides is 1. The minimum Gasteiger partial charge on any atom is -0.373 e. The Bertz CT molecular complexity index is 250. The lowest BCUT2D eigenvalue weighted by Crippen LogP contribution is -2.67. The van der Waals surface area contributed by atoms with E-state index in [0.29, 0.717) is 26.2 Å². The van der Waals surface area contributed by atoms with Gasteiger partial charge in [0.05, 0.1) is 0 Å². The van der Waals surface area contributed by atoms with E-state index >= 15 is 0 Å². The molecule has 0 aromatic heterocycles. The van der Waals surface area contributed by atoms with E-state index in [2.05, 4.69) is 15.9 Å². The quantitative estimate of drug-likeness (QED) is 0.487. The molecule has 0 fully saturated rings. The number of alkyl halides is 1. The van der Waals surface area contributed by atoms with E-state index in [1.165, 1.54) is 0 Å². The molecule has 2 N–H and O–H groups in total. The van der Waals surface area contributed by atoms with Gasteiger partial charge in [-0.05, 0) is 27.2 Å². The van der Waals surface area contributed by atoms with Crippen LogP contribution in [0.4, 0.5) is 0 Å². The third-order valence-corrected chi connectivity index (χ3v) is 8.19. The summed E-state index contributed by atoms with van der Waals surface area (Å²) >= 11 is 3.45. The molecule has 0 rings (SSSR count). The predicted molar refractivity (Wildman–Crippen MR) is 76.4 cm³/mol. The van der Waals surface area contributed by atoms with Crippen molar-refractivity contribution in [3.63, 3.8) is 0 Å². The Kier molecular flexibility index (Phi) is 8.29. The minimum atomic E-state index is -3.19. The molecule has 5 nitrogen and oxygen atoms in total. The van der Waals surface area contributed by atoms with Crippen molar-refractivity contribution in [2.24, 2.45) is 5.73 Å². The predicted octanol–water partition coefficient (Wildman–Crippen LogP) is 1.99. The summed E-state index contributed by atoms with van der Waals surface area (Å²) in [6.07, 6.45) is 1.30. The van der Waals surface area contributed by atoms with Crippen molar-refractivity contribution < 1.29 is 18.1 Å². The Hall–Kier alpha value is 0.0469. The highest BCUT2D eigenvalue weighted by molar-refractivity contribution is 9.11. The van der Waals surface area contributed by atoms with Crippen LogP contribution in [0.2, 0.25) is 0 Å². The summed E-state index contributed by atoms with van der Waals surface area (Å²) in [5, 5.41) is 0. The number of hydrogen-bond acceptors (Lipinski definition) is 4. The standard InChI is InChI=1S/C11H24BrNO4Si/c1-5-9-11(12,10(13)14)18(15-6-2,16-7-3)17-8-4/h5-9H2,1-4H3,(H2,13,14). The topological polar surface area (TPSA) is 70.8 Å². The molecular weight excluding hydrogens is 318 g/mol. The lowest BCUT2D eigenvalue weighted by atomic mass is 10.2. The Morgan fingerprint density at radius 1 is 1.11 bits per heavy atom. The molecule has 0 aliphatic heterocycles. The van der Waals surface area contributed by atoms with Crippen LogP contribution in [0.5, 0.6) is 0 Å². The fraction of sp³-hybridized carbons (Fsp3) is 0.909. The first-order valence-electron chi connectivity index (χ1n) is 6.34. The van der Waals surface area contributed by atoms with E-state index in [9.17, 15) is 4.79 Å². The van der Waals surface area contributed by atoms with Crippen LogP contribution in [0.1, 0.15) is 40.5 Å². The molecule has 1 atom stereocenters. The van der Waals surface area contributed by atoms with Gasteiger partial charge in [0.15, 0.2) is 3.95 Å². The monoisotopic (exact) mass is 341 g/mol. The van der Waals surface area contributed by atoms with Gasteiger partial charge >= 0.3 is 8.80 Å². The highest BCUT2D eigenvalue weighted by Crippen LogP contribution is 2.37. The molecule has 108 valence electrons. The van der Waals surface area contributed by atoms with Gasteiger partial charge in [-0.15, -0.1) is 0 Å². The lowest BCUT2D eigenvalue weighted by molar-refractivity contribution is -0.120. The maximum Gasteiger partial charge on any atom is 0.528 e. The van der Waals surface area contributed by atoms with Gasteiger partial charge in [0.2, 0.25) is 5.91 Å². The van der Waals surface area contributed by atoms with Gasteiger partial charge in [0.1, 0.15) is 0 Å². The molecular formula is C11H24BrNO4Si. The number of carbonyl (C=O) groups excluding carboxylic acids is 1. The largest absolute Gasteiger partial charge is 0.528 e. The van der Waals surface area contributed by atoms with Crippen LogP contribution >= 0.6 is 15.9 Å². The van der Waals surface area contributed by atoms with Gasteiger partial charge in [-0.1, -0.05) is 29.3 Å². The second-order valence-electron chi connectivity index (χ2n) is 3.77. The third-order valence-electron chi connectivity index (χ3n) is 2.47. The van der Waals surface area contributed by atoms with Crippen LogP contribution < -0.4 is 5.73 Å². The number of halogens is 1. The van der Waals surface area contributed by atoms with Crippen molar-refractivity contribution in [1.29, 1.82) is 0 Å². The van der Waals surface area contributed by atoms with Gasteiger partial charge in [0, 0.05) is 19.8 Å². The normalized spacial score (nSPS) is 15.4. The Labute approximate surface area is 119 Å². The fourth-order valence-corrected chi connectivity index (χ4v) is 6.17. The molecule has 0 aromatic carbocycles. The maximum absolute atomic E-state index is 11.9. The van der Waals surface area contributed by atoms with Crippen LogP contribution in [0.15, 0.2) is 0 Å². The fourth-order valence-electron chi connectivity index (χ4n) is 1.81.